The minimum atomic E-state index is -0.778. The monoisotopic (exact) mass is 370 g/mol. The Hall–Kier alpha value is -2.81. The lowest BCUT2D eigenvalue weighted by atomic mass is 10.2. The molecule has 2 aliphatic heterocycles. The number of alkyl halides is 1. The fourth-order valence-electron chi connectivity index (χ4n) is 3.35. The molecule has 3 aromatic rings. The first kappa shape index (κ1) is 15.4. The lowest BCUT2D eigenvalue weighted by molar-refractivity contribution is 0.248. The molecule has 9 heteroatoms. The van der Waals surface area contributed by atoms with Crippen LogP contribution in [0.1, 0.15) is 12.1 Å². The van der Waals surface area contributed by atoms with Gasteiger partial charge in [0, 0.05) is 24.5 Å². The molecule has 2 aliphatic rings. The summed E-state index contributed by atoms with van der Waals surface area (Å²) in [6, 6.07) is 7.34. The Labute approximate surface area is 152 Å². The Morgan fingerprint density at radius 2 is 2.19 bits per heavy atom. The van der Waals surface area contributed by atoms with Gasteiger partial charge in [-0.1, -0.05) is 0 Å². The van der Waals surface area contributed by atoms with Gasteiger partial charge in [0.25, 0.3) is 0 Å². The molecule has 1 atom stereocenters. The van der Waals surface area contributed by atoms with Crippen molar-refractivity contribution >= 4 is 28.4 Å². The molecule has 5 heterocycles. The van der Waals surface area contributed by atoms with Crippen LogP contribution in [-0.4, -0.2) is 44.4 Å². The Balaban J connectivity index is 1.37. The summed E-state index contributed by atoms with van der Waals surface area (Å²) < 4.78 is 18.8. The highest BCUT2D eigenvalue weighted by molar-refractivity contribution is 7.10. The minimum Gasteiger partial charge on any atom is -0.354 e. The fourth-order valence-corrected chi connectivity index (χ4v) is 3.95. The molecule has 0 spiro atoms. The number of hydrogen-bond acceptors (Lipinski definition) is 6. The van der Waals surface area contributed by atoms with Gasteiger partial charge in [0.05, 0.1) is 24.5 Å². The molecule has 0 N–H and O–H groups in total. The van der Waals surface area contributed by atoms with Crippen molar-refractivity contribution in [3.8, 4) is 11.3 Å². The van der Waals surface area contributed by atoms with Crippen LogP contribution in [0.15, 0.2) is 36.7 Å². The van der Waals surface area contributed by atoms with E-state index in [1.807, 2.05) is 29.2 Å². The van der Waals surface area contributed by atoms with Gasteiger partial charge >= 0.3 is 6.03 Å². The summed E-state index contributed by atoms with van der Waals surface area (Å²) in [5, 5.41) is 5.25. The van der Waals surface area contributed by atoms with Crippen LogP contribution in [-0.2, 0) is 6.54 Å². The van der Waals surface area contributed by atoms with E-state index in [1.54, 1.807) is 17.3 Å². The number of fused-ring (bicyclic) bond motifs is 1. The van der Waals surface area contributed by atoms with Gasteiger partial charge in [-0.3, -0.25) is 4.90 Å². The van der Waals surface area contributed by atoms with E-state index in [1.165, 1.54) is 16.2 Å². The zero-order valence-corrected chi connectivity index (χ0v) is 14.6. The van der Waals surface area contributed by atoms with Crippen molar-refractivity contribution in [2.24, 2.45) is 0 Å². The molecule has 0 radical (unpaired) electrons. The van der Waals surface area contributed by atoms with Gasteiger partial charge in [-0.05, 0) is 42.2 Å². The second kappa shape index (κ2) is 5.87. The highest BCUT2D eigenvalue weighted by Crippen LogP contribution is 2.30. The van der Waals surface area contributed by atoms with Crippen LogP contribution in [0.3, 0.4) is 0 Å². The number of anilines is 2. The van der Waals surface area contributed by atoms with Crippen LogP contribution in [0.4, 0.5) is 20.0 Å². The van der Waals surface area contributed by atoms with Crippen LogP contribution in [0.2, 0.25) is 0 Å². The van der Waals surface area contributed by atoms with Crippen molar-refractivity contribution in [1.82, 2.24) is 19.1 Å². The van der Waals surface area contributed by atoms with E-state index in [9.17, 15) is 9.18 Å². The molecule has 1 unspecified atom stereocenters. The van der Waals surface area contributed by atoms with Crippen molar-refractivity contribution in [1.29, 1.82) is 0 Å². The molecule has 1 amide bonds. The molecule has 7 nitrogen and oxygen atoms in total. The second-order valence-corrected chi connectivity index (χ2v) is 7.20. The largest absolute Gasteiger partial charge is 0.354 e. The van der Waals surface area contributed by atoms with Crippen molar-refractivity contribution in [2.75, 3.05) is 22.9 Å². The van der Waals surface area contributed by atoms with Crippen LogP contribution >= 0.6 is 11.5 Å². The number of nitrogens with zero attached hydrogens (tertiary/aromatic N) is 6. The third-order valence-corrected chi connectivity index (χ3v) is 5.47. The highest BCUT2D eigenvalue weighted by atomic mass is 32.1. The zero-order valence-electron chi connectivity index (χ0n) is 13.7. The topological polar surface area (TPSA) is 67.2 Å². The summed E-state index contributed by atoms with van der Waals surface area (Å²) in [6.45, 7) is 1.56. The van der Waals surface area contributed by atoms with Gasteiger partial charge in [-0.2, -0.15) is 14.2 Å². The molecule has 26 heavy (non-hydrogen) atoms. The quantitative estimate of drug-likeness (QED) is 0.709. The molecule has 1 fully saturated rings. The first-order valence-electron chi connectivity index (χ1n) is 8.36. The summed E-state index contributed by atoms with van der Waals surface area (Å²) in [5.41, 5.74) is 2.38. The standard InChI is InChI=1S/C17H15FN6OS/c18-12-4-6-22(9-12)15-2-1-11(8-19-15)14-7-13-10-23(16-3-5-20-26-16)17(25)24(13)21-14/h1-3,5,7-8,12H,4,6,9-10H2. The molecule has 5 rings (SSSR count). The van der Waals surface area contributed by atoms with E-state index in [0.29, 0.717) is 31.7 Å². The third-order valence-electron chi connectivity index (χ3n) is 4.70. The predicted octanol–water partition coefficient (Wildman–Crippen LogP) is 2.94. The van der Waals surface area contributed by atoms with Crippen LogP contribution in [0.25, 0.3) is 11.3 Å². The third kappa shape index (κ3) is 2.47. The van der Waals surface area contributed by atoms with Crippen molar-refractivity contribution in [3.63, 3.8) is 0 Å². The average molecular weight is 370 g/mol. The number of hydrogen-bond donors (Lipinski definition) is 0. The maximum atomic E-state index is 13.3. The number of halogens is 1. The van der Waals surface area contributed by atoms with Crippen molar-refractivity contribution in [3.05, 3.63) is 42.4 Å². The molecule has 3 aromatic heterocycles. The Morgan fingerprint density at radius 3 is 2.85 bits per heavy atom. The number of carbonyl (C=O) groups is 1. The summed E-state index contributed by atoms with van der Waals surface area (Å²) in [7, 11) is 0. The number of rotatable bonds is 3. The normalized spacial score (nSPS) is 19.4. The fraction of sp³-hybridized carbons (Fsp3) is 0.294. The second-order valence-electron chi connectivity index (χ2n) is 6.39. The van der Waals surface area contributed by atoms with Crippen LogP contribution in [0, 0.1) is 0 Å². The SMILES string of the molecule is O=C1N(c2ccns2)Cc2cc(-c3ccc(N4CCC(F)C4)nc3)nn21. The van der Waals surface area contributed by atoms with Crippen LogP contribution < -0.4 is 9.80 Å². The maximum Gasteiger partial charge on any atom is 0.350 e. The van der Waals surface area contributed by atoms with Crippen LogP contribution in [0.5, 0.6) is 0 Å². The van der Waals surface area contributed by atoms with Gasteiger partial charge in [0.1, 0.15) is 17.0 Å². The summed E-state index contributed by atoms with van der Waals surface area (Å²) in [6.07, 6.45) is 3.18. The lowest BCUT2D eigenvalue weighted by Gasteiger charge is -2.16. The molecular formula is C17H15FN6OS. The summed E-state index contributed by atoms with van der Waals surface area (Å²) in [5.74, 6) is 0.771. The van der Waals surface area contributed by atoms with Gasteiger partial charge in [0.15, 0.2) is 0 Å². The van der Waals surface area contributed by atoms with Crippen molar-refractivity contribution in [2.45, 2.75) is 19.1 Å². The van der Waals surface area contributed by atoms with E-state index in [-0.39, 0.29) is 6.03 Å². The van der Waals surface area contributed by atoms with Gasteiger partial charge < -0.3 is 4.90 Å². The van der Waals surface area contributed by atoms with Gasteiger partial charge in [-0.15, -0.1) is 0 Å². The Bertz CT molecular complexity index is 954. The number of aromatic nitrogens is 4. The van der Waals surface area contributed by atoms with Gasteiger partial charge in [0.2, 0.25) is 0 Å². The first-order valence-corrected chi connectivity index (χ1v) is 9.13. The first-order chi connectivity index (χ1) is 12.7. The van der Waals surface area contributed by atoms with E-state index >= 15 is 0 Å². The van der Waals surface area contributed by atoms with E-state index in [4.69, 9.17) is 0 Å². The molecular weight excluding hydrogens is 355 g/mol. The van der Waals surface area contributed by atoms with Gasteiger partial charge in [-0.25, -0.2) is 14.2 Å². The van der Waals surface area contributed by atoms with E-state index in [0.717, 1.165) is 22.1 Å². The summed E-state index contributed by atoms with van der Waals surface area (Å²) >= 11 is 1.28. The predicted molar refractivity (Wildman–Crippen MR) is 96.3 cm³/mol. The molecule has 132 valence electrons. The maximum absolute atomic E-state index is 13.3. The lowest BCUT2D eigenvalue weighted by Crippen LogP contribution is -2.25. The molecule has 0 aliphatic carbocycles. The van der Waals surface area contributed by atoms with Crippen molar-refractivity contribution < 1.29 is 9.18 Å². The molecule has 1 saturated heterocycles. The highest BCUT2D eigenvalue weighted by Gasteiger charge is 2.31. The number of amides is 1. The number of pyridine rings is 1. The molecule has 0 saturated carbocycles. The summed E-state index contributed by atoms with van der Waals surface area (Å²) in [4.78, 5) is 20.6. The smallest absolute Gasteiger partial charge is 0.350 e. The average Bonchev–Trinajstić information content (AvgIpc) is 3.41. The Morgan fingerprint density at radius 1 is 1.27 bits per heavy atom. The number of carbonyl (C=O) groups excluding carboxylic acids is 1. The minimum absolute atomic E-state index is 0.175. The van der Waals surface area contributed by atoms with E-state index in [2.05, 4.69) is 14.5 Å². The molecule has 0 bridgehead atoms. The van der Waals surface area contributed by atoms with E-state index < -0.39 is 6.17 Å². The molecule has 0 aromatic carbocycles. The Kier molecular flexibility index (Phi) is 3.49. The zero-order chi connectivity index (χ0) is 17.7.